The summed E-state index contributed by atoms with van der Waals surface area (Å²) in [7, 11) is 0. The summed E-state index contributed by atoms with van der Waals surface area (Å²) in [5.74, 6) is -0.203. The lowest BCUT2D eigenvalue weighted by Gasteiger charge is -2.13. The van der Waals surface area contributed by atoms with Crippen molar-refractivity contribution < 1.29 is 19.1 Å². The van der Waals surface area contributed by atoms with E-state index in [0.29, 0.717) is 27.7 Å². The van der Waals surface area contributed by atoms with Crippen LogP contribution in [0, 0.1) is 20.8 Å². The molecular weight excluding hydrogens is 510 g/mol. The first-order chi connectivity index (χ1) is 16.8. The topological polar surface area (TPSA) is 74.5 Å². The fraction of sp³-hybridized carbons (Fsp3) is 0.259. The highest BCUT2D eigenvalue weighted by molar-refractivity contribution is 9.10. The highest BCUT2D eigenvalue weighted by Crippen LogP contribution is 2.36. The van der Waals surface area contributed by atoms with E-state index in [4.69, 9.17) is 9.47 Å². The van der Waals surface area contributed by atoms with Gasteiger partial charge in [0.15, 0.2) is 6.61 Å². The molecule has 1 amide bonds. The molecule has 0 radical (unpaired) electrons. The van der Waals surface area contributed by atoms with Gasteiger partial charge in [-0.3, -0.25) is 14.9 Å². The summed E-state index contributed by atoms with van der Waals surface area (Å²) in [6.07, 6.45) is 0. The van der Waals surface area contributed by atoms with Crippen molar-refractivity contribution in [2.45, 2.75) is 34.2 Å². The van der Waals surface area contributed by atoms with Gasteiger partial charge in [0.1, 0.15) is 5.75 Å². The molecule has 0 aliphatic rings. The maximum Gasteiger partial charge on any atom is 0.340 e. The number of nitrogens with zero attached hydrogens (tertiary/aromatic N) is 2. The molecule has 35 heavy (non-hydrogen) atoms. The van der Waals surface area contributed by atoms with E-state index in [-0.39, 0.29) is 25.1 Å². The van der Waals surface area contributed by atoms with E-state index in [2.05, 4.69) is 38.1 Å². The summed E-state index contributed by atoms with van der Waals surface area (Å²) in [6.45, 7) is 8.23. The van der Waals surface area contributed by atoms with E-state index in [1.807, 2.05) is 57.2 Å². The van der Waals surface area contributed by atoms with Crippen molar-refractivity contribution in [3.63, 3.8) is 0 Å². The van der Waals surface area contributed by atoms with E-state index >= 15 is 0 Å². The highest BCUT2D eigenvalue weighted by Gasteiger charge is 2.23. The molecular formula is C27H28BrN3O4. The van der Waals surface area contributed by atoms with Gasteiger partial charge in [-0.25, -0.2) is 4.79 Å². The minimum Gasteiger partial charge on any atom is -0.482 e. The van der Waals surface area contributed by atoms with Crippen molar-refractivity contribution >= 4 is 38.7 Å². The third-order valence-electron chi connectivity index (χ3n) is 5.91. The van der Waals surface area contributed by atoms with E-state index < -0.39 is 0 Å². The number of fused-ring (bicyclic) bond motifs is 1. The van der Waals surface area contributed by atoms with Crippen LogP contribution in [-0.4, -0.2) is 34.3 Å². The van der Waals surface area contributed by atoms with Crippen LogP contribution in [0.3, 0.4) is 0 Å². The van der Waals surface area contributed by atoms with Crippen molar-refractivity contribution in [1.29, 1.82) is 0 Å². The number of aromatic nitrogens is 2. The summed E-state index contributed by atoms with van der Waals surface area (Å²) in [5, 5.41) is 0.715. The molecule has 0 saturated heterocycles. The van der Waals surface area contributed by atoms with E-state index in [1.165, 1.54) is 0 Å². The Labute approximate surface area is 212 Å². The maximum atomic E-state index is 12.9. The second-order valence-electron chi connectivity index (χ2n) is 8.33. The largest absolute Gasteiger partial charge is 0.482 e. The van der Waals surface area contributed by atoms with Crippen molar-refractivity contribution in [2.24, 2.45) is 0 Å². The predicted molar refractivity (Wildman–Crippen MR) is 140 cm³/mol. The Morgan fingerprint density at radius 1 is 1.00 bits per heavy atom. The predicted octanol–water partition coefficient (Wildman–Crippen LogP) is 5.50. The number of amides is 1. The number of benzene rings is 2. The summed E-state index contributed by atoms with van der Waals surface area (Å²) in [4.78, 5) is 25.4. The molecule has 2 aromatic heterocycles. The molecule has 182 valence electrons. The molecule has 2 aromatic carbocycles. The van der Waals surface area contributed by atoms with Gasteiger partial charge in [0.25, 0.3) is 5.91 Å². The van der Waals surface area contributed by atoms with E-state index in [1.54, 1.807) is 17.7 Å². The van der Waals surface area contributed by atoms with Crippen LogP contribution in [0.2, 0.25) is 0 Å². The van der Waals surface area contributed by atoms with Crippen LogP contribution in [0.4, 0.5) is 0 Å². The molecule has 0 atom stereocenters. The molecule has 4 aromatic rings. The standard InChI is InChI=1S/C27H28BrN3O4/c1-5-34-27(33)26-19(4)30(15-20-9-7-6-8-10-20)23-14-22(28)24(13-21(23)26)35-16-25(32)29-31-17(2)11-12-18(31)3/h6-14H,5,15-16H2,1-4H3,(H,29,32). The number of esters is 1. The lowest BCUT2D eigenvalue weighted by Crippen LogP contribution is -2.29. The van der Waals surface area contributed by atoms with Crippen LogP contribution >= 0.6 is 15.9 Å². The second kappa shape index (κ2) is 10.4. The SMILES string of the molecule is CCOC(=O)c1c(C)n(Cc2ccccc2)c2cc(Br)c(OCC(=O)Nn3c(C)ccc3C)cc12. The lowest BCUT2D eigenvalue weighted by atomic mass is 10.1. The normalized spacial score (nSPS) is 11.0. The first-order valence-electron chi connectivity index (χ1n) is 11.4. The average Bonchev–Trinajstić information content (AvgIpc) is 3.28. The summed E-state index contributed by atoms with van der Waals surface area (Å²) >= 11 is 3.58. The van der Waals surface area contributed by atoms with Crippen LogP contribution in [0.25, 0.3) is 10.9 Å². The zero-order valence-corrected chi connectivity index (χ0v) is 21.8. The first-order valence-corrected chi connectivity index (χ1v) is 12.2. The Balaban J connectivity index is 1.67. The number of hydrogen-bond acceptors (Lipinski definition) is 4. The summed E-state index contributed by atoms with van der Waals surface area (Å²) in [5.41, 5.74) is 7.97. The van der Waals surface area contributed by atoms with Crippen molar-refractivity contribution in [1.82, 2.24) is 9.24 Å². The molecule has 0 spiro atoms. The van der Waals surface area contributed by atoms with Gasteiger partial charge in [-0.15, -0.1) is 0 Å². The molecule has 2 heterocycles. The number of halogens is 1. The second-order valence-corrected chi connectivity index (χ2v) is 9.18. The summed E-state index contributed by atoms with van der Waals surface area (Å²) < 4.78 is 15.7. The molecule has 1 N–H and O–H groups in total. The fourth-order valence-electron chi connectivity index (χ4n) is 4.16. The Morgan fingerprint density at radius 2 is 1.69 bits per heavy atom. The third-order valence-corrected chi connectivity index (χ3v) is 6.53. The molecule has 0 fully saturated rings. The Morgan fingerprint density at radius 3 is 2.34 bits per heavy atom. The monoisotopic (exact) mass is 537 g/mol. The number of nitrogens with one attached hydrogen (secondary N) is 1. The van der Waals surface area contributed by atoms with Crippen LogP contribution < -0.4 is 10.2 Å². The molecule has 7 nitrogen and oxygen atoms in total. The van der Waals surface area contributed by atoms with Crippen LogP contribution in [-0.2, 0) is 16.1 Å². The van der Waals surface area contributed by atoms with Crippen LogP contribution in [0.5, 0.6) is 5.75 Å². The van der Waals surface area contributed by atoms with Gasteiger partial charge in [-0.2, -0.15) is 0 Å². The lowest BCUT2D eigenvalue weighted by molar-refractivity contribution is -0.119. The quantitative estimate of drug-likeness (QED) is 0.301. The number of ether oxygens (including phenoxy) is 2. The number of carbonyl (C=O) groups excluding carboxylic acids is 2. The molecule has 0 unspecified atom stereocenters. The Hall–Kier alpha value is -3.52. The zero-order chi connectivity index (χ0) is 25.1. The first kappa shape index (κ1) is 24.6. The smallest absolute Gasteiger partial charge is 0.340 e. The van der Waals surface area contributed by atoms with Crippen LogP contribution in [0.1, 0.15) is 39.9 Å². The van der Waals surface area contributed by atoms with Gasteiger partial charge >= 0.3 is 5.97 Å². The molecule has 0 bridgehead atoms. The zero-order valence-electron chi connectivity index (χ0n) is 20.2. The number of carbonyl (C=O) groups is 2. The molecule has 0 aliphatic carbocycles. The molecule has 8 heteroatoms. The number of rotatable bonds is 8. The van der Waals surface area contributed by atoms with Gasteiger partial charge < -0.3 is 14.0 Å². The van der Waals surface area contributed by atoms with E-state index in [9.17, 15) is 9.59 Å². The molecule has 4 rings (SSSR count). The Bertz CT molecular complexity index is 1370. The van der Waals surface area contributed by atoms with E-state index in [0.717, 1.165) is 28.2 Å². The van der Waals surface area contributed by atoms with Gasteiger partial charge in [0, 0.05) is 29.0 Å². The average molecular weight is 538 g/mol. The number of aryl methyl sites for hydroxylation is 2. The van der Waals surface area contributed by atoms with Crippen molar-refractivity contribution in [3.8, 4) is 5.75 Å². The third kappa shape index (κ3) is 5.12. The fourth-order valence-corrected chi connectivity index (χ4v) is 4.61. The van der Waals surface area contributed by atoms with Gasteiger partial charge in [0.05, 0.1) is 22.2 Å². The summed E-state index contributed by atoms with van der Waals surface area (Å²) in [6, 6.07) is 17.6. The highest BCUT2D eigenvalue weighted by atomic mass is 79.9. The van der Waals surface area contributed by atoms with Gasteiger partial charge in [-0.1, -0.05) is 30.3 Å². The Kier molecular flexibility index (Phi) is 7.31. The van der Waals surface area contributed by atoms with Gasteiger partial charge in [0.2, 0.25) is 0 Å². The molecule has 0 saturated carbocycles. The van der Waals surface area contributed by atoms with Crippen molar-refractivity contribution in [3.05, 3.63) is 87.3 Å². The van der Waals surface area contributed by atoms with Crippen molar-refractivity contribution in [2.75, 3.05) is 18.6 Å². The minimum atomic E-state index is -0.383. The number of hydrogen-bond donors (Lipinski definition) is 1. The molecule has 0 aliphatic heterocycles. The van der Waals surface area contributed by atoms with Gasteiger partial charge in [-0.05, 0) is 73.5 Å². The van der Waals surface area contributed by atoms with Crippen LogP contribution in [0.15, 0.2) is 59.1 Å². The minimum absolute atomic E-state index is 0.181. The maximum absolute atomic E-state index is 12.9.